The van der Waals surface area contributed by atoms with Gasteiger partial charge in [0.1, 0.15) is 23.6 Å². The van der Waals surface area contributed by atoms with Crippen molar-refractivity contribution < 1.29 is 21.6 Å². The topological polar surface area (TPSA) is 112 Å². The van der Waals surface area contributed by atoms with Crippen LogP contribution in [0.2, 0.25) is 0 Å². The molecule has 3 aromatic heterocycles. The lowest BCUT2D eigenvalue weighted by molar-refractivity contribution is 0.561. The fourth-order valence-electron chi connectivity index (χ4n) is 4.13. The van der Waals surface area contributed by atoms with Crippen LogP contribution in [0.5, 0.6) is 0 Å². The SMILES string of the molecule is CS(=O)(=O)Cc1coc(-c2cncc(C3CCCc4cc(-c5c(F)cccc5F)nnc43)n2)n1. The lowest BCUT2D eigenvalue weighted by Gasteiger charge is -2.23. The normalized spacial score (nSPS) is 15.8. The van der Waals surface area contributed by atoms with Crippen molar-refractivity contribution in [3.8, 4) is 22.8 Å². The number of hydrogen-bond donors (Lipinski definition) is 0. The van der Waals surface area contributed by atoms with E-state index >= 15 is 0 Å². The second-order valence-electron chi connectivity index (χ2n) is 8.22. The van der Waals surface area contributed by atoms with Gasteiger partial charge in [0.05, 0.1) is 40.3 Å². The number of nitrogens with zero attached hydrogens (tertiary/aromatic N) is 5. The Labute approximate surface area is 194 Å². The Morgan fingerprint density at radius 2 is 1.88 bits per heavy atom. The summed E-state index contributed by atoms with van der Waals surface area (Å²) in [4.78, 5) is 13.1. The summed E-state index contributed by atoms with van der Waals surface area (Å²) in [6, 6.07) is 5.36. The highest BCUT2D eigenvalue weighted by Crippen LogP contribution is 2.36. The summed E-state index contributed by atoms with van der Waals surface area (Å²) < 4.78 is 56.9. The van der Waals surface area contributed by atoms with Gasteiger partial charge >= 0.3 is 0 Å². The number of hydrogen-bond acceptors (Lipinski definition) is 8. The van der Waals surface area contributed by atoms with Gasteiger partial charge in [-0.2, -0.15) is 10.2 Å². The molecule has 0 amide bonds. The zero-order valence-electron chi connectivity index (χ0n) is 18.1. The molecule has 0 spiro atoms. The van der Waals surface area contributed by atoms with Gasteiger partial charge in [0.15, 0.2) is 9.84 Å². The number of fused-ring (bicyclic) bond motifs is 1. The maximum Gasteiger partial charge on any atom is 0.246 e. The highest BCUT2D eigenvalue weighted by molar-refractivity contribution is 7.89. The van der Waals surface area contributed by atoms with E-state index in [4.69, 9.17) is 4.42 Å². The first-order chi connectivity index (χ1) is 16.3. The van der Waals surface area contributed by atoms with Gasteiger partial charge in [0.25, 0.3) is 0 Å². The first-order valence-electron chi connectivity index (χ1n) is 10.5. The van der Waals surface area contributed by atoms with E-state index in [2.05, 4.69) is 25.1 Å². The van der Waals surface area contributed by atoms with Crippen molar-refractivity contribution in [1.82, 2.24) is 25.1 Å². The molecule has 0 aliphatic heterocycles. The molecule has 174 valence electrons. The first kappa shape index (κ1) is 22.2. The Hall–Kier alpha value is -3.60. The monoisotopic (exact) mass is 483 g/mol. The summed E-state index contributed by atoms with van der Waals surface area (Å²) in [5, 5.41) is 8.44. The predicted molar refractivity (Wildman–Crippen MR) is 118 cm³/mol. The van der Waals surface area contributed by atoms with E-state index in [0.29, 0.717) is 23.5 Å². The molecule has 0 N–H and O–H groups in total. The number of halogens is 2. The van der Waals surface area contributed by atoms with E-state index in [9.17, 15) is 17.2 Å². The number of aryl methyl sites for hydroxylation is 1. The average Bonchev–Trinajstić information content (AvgIpc) is 3.25. The number of oxazole rings is 1. The number of sulfone groups is 1. The van der Waals surface area contributed by atoms with Crippen molar-refractivity contribution in [2.24, 2.45) is 0 Å². The van der Waals surface area contributed by atoms with Crippen LogP contribution in [-0.2, 0) is 22.0 Å². The Morgan fingerprint density at radius 3 is 2.65 bits per heavy atom. The fourth-order valence-corrected chi connectivity index (χ4v) is 4.80. The quantitative estimate of drug-likeness (QED) is 0.420. The fraction of sp³-hybridized carbons (Fsp3) is 0.261. The number of aromatic nitrogens is 5. The molecule has 4 aromatic rings. The minimum absolute atomic E-state index is 0.146. The third-order valence-electron chi connectivity index (χ3n) is 5.58. The van der Waals surface area contributed by atoms with Crippen molar-refractivity contribution in [1.29, 1.82) is 0 Å². The van der Waals surface area contributed by atoms with Crippen LogP contribution in [0.25, 0.3) is 22.8 Å². The Morgan fingerprint density at radius 1 is 1.09 bits per heavy atom. The van der Waals surface area contributed by atoms with Crippen LogP contribution < -0.4 is 0 Å². The number of rotatable bonds is 5. The summed E-state index contributed by atoms with van der Waals surface area (Å²) in [7, 11) is -3.25. The van der Waals surface area contributed by atoms with Crippen molar-refractivity contribution >= 4 is 9.84 Å². The lowest BCUT2D eigenvalue weighted by atomic mass is 9.84. The van der Waals surface area contributed by atoms with E-state index in [1.165, 1.54) is 30.7 Å². The molecule has 0 saturated heterocycles. The second-order valence-corrected chi connectivity index (χ2v) is 10.4. The van der Waals surface area contributed by atoms with Crippen molar-refractivity contribution in [3.63, 3.8) is 0 Å². The van der Waals surface area contributed by atoms with Gasteiger partial charge < -0.3 is 4.42 Å². The standard InChI is InChI=1S/C23H19F2N5O3S/c1-34(31,32)12-14-11-33-23(27-14)20-10-26-9-19(28-20)15-5-2-4-13-8-18(29-30-22(13)15)21-16(24)6-3-7-17(21)25/h3,6-11,15H,2,4-5,12H2,1H3. The molecule has 0 bridgehead atoms. The highest BCUT2D eigenvalue weighted by atomic mass is 32.2. The zero-order chi connectivity index (χ0) is 23.9. The molecule has 34 heavy (non-hydrogen) atoms. The predicted octanol–water partition coefficient (Wildman–Crippen LogP) is 3.88. The van der Waals surface area contributed by atoms with E-state index in [0.717, 1.165) is 24.7 Å². The summed E-state index contributed by atoms with van der Waals surface area (Å²) in [5.41, 5.74) is 2.75. The average molecular weight is 484 g/mol. The van der Waals surface area contributed by atoms with Crippen LogP contribution >= 0.6 is 0 Å². The van der Waals surface area contributed by atoms with Crippen LogP contribution in [-0.4, -0.2) is 39.8 Å². The van der Waals surface area contributed by atoms with Crippen LogP contribution in [0.3, 0.4) is 0 Å². The maximum atomic E-state index is 14.2. The van der Waals surface area contributed by atoms with E-state index in [-0.39, 0.29) is 34.5 Å². The molecular weight excluding hydrogens is 464 g/mol. The van der Waals surface area contributed by atoms with Gasteiger partial charge in [-0.25, -0.2) is 27.2 Å². The van der Waals surface area contributed by atoms with E-state index in [1.54, 1.807) is 12.3 Å². The van der Waals surface area contributed by atoms with Gasteiger partial charge in [0, 0.05) is 18.4 Å². The molecule has 8 nitrogen and oxygen atoms in total. The van der Waals surface area contributed by atoms with Gasteiger partial charge in [-0.3, -0.25) is 4.98 Å². The Kier molecular flexibility index (Phi) is 5.64. The van der Waals surface area contributed by atoms with Crippen molar-refractivity contribution in [2.45, 2.75) is 30.9 Å². The molecule has 3 heterocycles. The molecule has 1 aliphatic carbocycles. The van der Waals surface area contributed by atoms with Gasteiger partial charge in [-0.15, -0.1) is 0 Å². The minimum atomic E-state index is -3.25. The maximum absolute atomic E-state index is 14.2. The molecule has 1 aromatic carbocycles. The first-order valence-corrected chi connectivity index (χ1v) is 12.6. The molecule has 1 unspecified atom stereocenters. The third-order valence-corrected chi connectivity index (χ3v) is 6.40. The molecule has 0 fully saturated rings. The smallest absolute Gasteiger partial charge is 0.246 e. The lowest BCUT2D eigenvalue weighted by Crippen LogP contribution is -2.16. The largest absolute Gasteiger partial charge is 0.443 e. The molecule has 5 rings (SSSR count). The summed E-state index contributed by atoms with van der Waals surface area (Å²) in [6.45, 7) is 0. The van der Waals surface area contributed by atoms with Crippen LogP contribution in [0, 0.1) is 11.6 Å². The van der Waals surface area contributed by atoms with Crippen LogP contribution in [0.4, 0.5) is 8.78 Å². The molecule has 1 aliphatic rings. The van der Waals surface area contributed by atoms with Crippen LogP contribution in [0.15, 0.2) is 47.3 Å². The summed E-state index contributed by atoms with van der Waals surface area (Å²) in [6.07, 6.45) is 7.79. The van der Waals surface area contributed by atoms with Gasteiger partial charge in [-0.05, 0) is 43.0 Å². The molecule has 0 radical (unpaired) electrons. The molecule has 11 heteroatoms. The highest BCUT2D eigenvalue weighted by Gasteiger charge is 2.27. The summed E-state index contributed by atoms with van der Waals surface area (Å²) >= 11 is 0. The van der Waals surface area contributed by atoms with Crippen molar-refractivity contribution in [3.05, 3.63) is 77.2 Å². The zero-order valence-corrected chi connectivity index (χ0v) is 18.9. The Bertz CT molecular complexity index is 1470. The molecule has 1 atom stereocenters. The van der Waals surface area contributed by atoms with Gasteiger partial charge in [0.2, 0.25) is 5.89 Å². The van der Waals surface area contributed by atoms with Crippen molar-refractivity contribution in [2.75, 3.05) is 6.26 Å². The number of benzene rings is 1. The minimum Gasteiger partial charge on any atom is -0.443 e. The Balaban J connectivity index is 1.48. The molecule has 0 saturated carbocycles. The van der Waals surface area contributed by atoms with E-state index in [1.807, 2.05) is 0 Å². The van der Waals surface area contributed by atoms with Crippen LogP contribution in [0.1, 0.15) is 41.4 Å². The van der Waals surface area contributed by atoms with Gasteiger partial charge in [-0.1, -0.05) is 6.07 Å². The second kappa shape index (κ2) is 8.64. The molecular formula is C23H19F2N5O3S. The third kappa shape index (κ3) is 4.43. The summed E-state index contributed by atoms with van der Waals surface area (Å²) in [5.74, 6) is -1.67. The van der Waals surface area contributed by atoms with E-state index < -0.39 is 21.5 Å².